The van der Waals surface area contributed by atoms with Gasteiger partial charge in [0.15, 0.2) is 0 Å². The van der Waals surface area contributed by atoms with Gasteiger partial charge >= 0.3 is 0 Å². The zero-order valence-corrected chi connectivity index (χ0v) is 17.8. The van der Waals surface area contributed by atoms with Gasteiger partial charge < -0.3 is 5.32 Å². The summed E-state index contributed by atoms with van der Waals surface area (Å²) in [4.78, 5) is 30.4. The van der Waals surface area contributed by atoms with E-state index in [-0.39, 0.29) is 28.9 Å². The predicted octanol–water partition coefficient (Wildman–Crippen LogP) is 3.72. The zero-order valence-electron chi connectivity index (χ0n) is 17.8. The second-order valence-electron chi connectivity index (χ2n) is 10.8. The molecule has 4 aliphatic carbocycles. The summed E-state index contributed by atoms with van der Waals surface area (Å²) >= 11 is 0. The molecule has 1 heterocycles. The van der Waals surface area contributed by atoms with E-state index in [0.717, 1.165) is 70.2 Å². The van der Waals surface area contributed by atoms with Crippen LogP contribution in [0.1, 0.15) is 65.2 Å². The Hall–Kier alpha value is -1.27. The summed E-state index contributed by atoms with van der Waals surface area (Å²) in [6.45, 7) is 6.48. The average Bonchev–Trinajstić information content (AvgIpc) is 3.34. The molecule has 0 radical (unpaired) electrons. The van der Waals surface area contributed by atoms with E-state index in [1.54, 1.807) is 0 Å². The normalized spacial score (nSPS) is 49.0. The maximum atomic E-state index is 12.6. The standard InChI is InChI=1S/C23H35N3O3/c1-22-8-5-14(26-29-15-7-10-24-13-15)11-19(22)20(25-28)12-16-17-3-4-21(27)23(17,2)9-6-18(16)22/h11,15-20,24,26H,3-10,12-13H2,1-2H3/t15-,16+,17+,18+,19?,20?,22-,23+/m1/s1. The van der Waals surface area contributed by atoms with Crippen LogP contribution in [0.2, 0.25) is 0 Å². The molecule has 2 unspecified atom stereocenters. The number of carbonyl (C=O) groups is 1. The molecule has 0 amide bonds. The average molecular weight is 402 g/mol. The smallest absolute Gasteiger partial charge is 0.139 e. The van der Waals surface area contributed by atoms with Crippen LogP contribution in [-0.4, -0.2) is 31.0 Å². The number of hydrogen-bond donors (Lipinski definition) is 2. The summed E-state index contributed by atoms with van der Waals surface area (Å²) in [6.07, 6.45) is 10.3. The monoisotopic (exact) mass is 401 g/mol. The fraction of sp³-hybridized carbons (Fsp3) is 0.870. The highest BCUT2D eigenvalue weighted by Gasteiger charge is 2.61. The third kappa shape index (κ3) is 3.01. The van der Waals surface area contributed by atoms with Gasteiger partial charge in [-0.1, -0.05) is 25.1 Å². The van der Waals surface area contributed by atoms with Crippen molar-refractivity contribution in [2.75, 3.05) is 13.1 Å². The van der Waals surface area contributed by atoms with Gasteiger partial charge in [0.25, 0.3) is 0 Å². The molecule has 2 N–H and O–H groups in total. The van der Waals surface area contributed by atoms with E-state index in [0.29, 0.717) is 23.5 Å². The molecule has 5 aliphatic rings. The minimum Gasteiger partial charge on any atom is -0.314 e. The van der Waals surface area contributed by atoms with Crippen molar-refractivity contribution in [2.24, 2.45) is 39.7 Å². The number of fused-ring (bicyclic) bond motifs is 5. The summed E-state index contributed by atoms with van der Waals surface area (Å²) in [5, 5.41) is 6.96. The van der Waals surface area contributed by atoms with E-state index in [4.69, 9.17) is 4.84 Å². The molecule has 0 spiro atoms. The van der Waals surface area contributed by atoms with Crippen LogP contribution in [0.25, 0.3) is 0 Å². The van der Waals surface area contributed by atoms with Gasteiger partial charge in [-0.15, -0.1) is 0 Å². The van der Waals surface area contributed by atoms with Crippen molar-refractivity contribution in [1.29, 1.82) is 0 Å². The summed E-state index contributed by atoms with van der Waals surface area (Å²) in [7, 11) is 0. The molecule has 0 bridgehead atoms. The number of rotatable bonds is 4. The van der Waals surface area contributed by atoms with Crippen molar-refractivity contribution in [3.8, 4) is 0 Å². The quantitative estimate of drug-likeness (QED) is 0.554. The number of hydrogen-bond acceptors (Lipinski definition) is 6. The van der Waals surface area contributed by atoms with Crippen LogP contribution in [0.5, 0.6) is 0 Å². The Bertz CT molecular complexity index is 718. The summed E-state index contributed by atoms with van der Waals surface area (Å²) in [5.74, 6) is 2.12. The Morgan fingerprint density at radius 2 is 2.03 bits per heavy atom. The van der Waals surface area contributed by atoms with E-state index in [1.807, 2.05) is 0 Å². The maximum absolute atomic E-state index is 12.6. The minimum absolute atomic E-state index is 0.0918. The van der Waals surface area contributed by atoms with Gasteiger partial charge in [-0.05, 0) is 74.7 Å². The lowest BCUT2D eigenvalue weighted by Crippen LogP contribution is -2.56. The number of carbonyl (C=O) groups excluding carboxylic acids is 1. The van der Waals surface area contributed by atoms with Crippen LogP contribution in [0.3, 0.4) is 0 Å². The second-order valence-corrected chi connectivity index (χ2v) is 10.8. The lowest BCUT2D eigenvalue weighted by Gasteiger charge is -2.59. The van der Waals surface area contributed by atoms with Crippen molar-refractivity contribution in [3.63, 3.8) is 0 Å². The highest BCUT2D eigenvalue weighted by atomic mass is 16.7. The van der Waals surface area contributed by atoms with Crippen LogP contribution in [-0.2, 0) is 9.63 Å². The molecule has 1 saturated heterocycles. The number of nitroso groups, excluding NO2 is 1. The molecule has 0 aromatic heterocycles. The summed E-state index contributed by atoms with van der Waals surface area (Å²) in [6, 6.07) is -0.190. The molecule has 1 aliphatic heterocycles. The van der Waals surface area contributed by atoms with Gasteiger partial charge in [0.2, 0.25) is 0 Å². The van der Waals surface area contributed by atoms with Crippen LogP contribution >= 0.6 is 0 Å². The third-order valence-electron chi connectivity index (χ3n) is 9.50. The van der Waals surface area contributed by atoms with E-state index >= 15 is 0 Å². The number of Topliss-reactive ketones (excluding diaryl/α,β-unsaturated/α-hetero) is 1. The second kappa shape index (κ2) is 7.16. The van der Waals surface area contributed by atoms with Gasteiger partial charge in [0.1, 0.15) is 5.78 Å². The molecule has 160 valence electrons. The van der Waals surface area contributed by atoms with E-state index in [2.05, 4.69) is 35.9 Å². The van der Waals surface area contributed by atoms with E-state index in [9.17, 15) is 9.70 Å². The number of nitrogens with zero attached hydrogens (tertiary/aromatic N) is 1. The fourth-order valence-electron chi connectivity index (χ4n) is 7.76. The fourth-order valence-corrected chi connectivity index (χ4v) is 7.76. The first-order valence-electron chi connectivity index (χ1n) is 11.6. The lowest BCUT2D eigenvalue weighted by atomic mass is 9.45. The summed E-state index contributed by atoms with van der Waals surface area (Å²) < 4.78 is 0. The molecule has 29 heavy (non-hydrogen) atoms. The molecular weight excluding hydrogens is 366 g/mol. The van der Waals surface area contributed by atoms with Gasteiger partial charge in [0, 0.05) is 30.0 Å². The van der Waals surface area contributed by atoms with Gasteiger partial charge in [-0.25, -0.2) is 0 Å². The van der Waals surface area contributed by atoms with Gasteiger partial charge in [-0.3, -0.25) is 15.1 Å². The Morgan fingerprint density at radius 3 is 2.79 bits per heavy atom. The molecule has 6 nitrogen and oxygen atoms in total. The van der Waals surface area contributed by atoms with Crippen LogP contribution < -0.4 is 10.8 Å². The number of allylic oxidation sites excluding steroid dienone is 1. The minimum atomic E-state index is -0.190. The Balaban J connectivity index is 1.38. The maximum Gasteiger partial charge on any atom is 0.139 e. The van der Waals surface area contributed by atoms with Crippen molar-refractivity contribution in [1.82, 2.24) is 10.8 Å². The SMILES string of the molecule is C[C@]12CCC(NO[C@@H]3CCNC3)=CC1C(N=O)C[C@@H]1[C@@H]2CC[C@]2(C)C(=O)CC[C@@H]12. The lowest BCUT2D eigenvalue weighted by molar-refractivity contribution is -0.136. The Kier molecular flexibility index (Phi) is 4.86. The molecule has 0 aromatic carbocycles. The number of nitrogens with one attached hydrogen (secondary N) is 2. The third-order valence-corrected chi connectivity index (χ3v) is 9.50. The van der Waals surface area contributed by atoms with Crippen molar-refractivity contribution in [3.05, 3.63) is 16.7 Å². The topological polar surface area (TPSA) is 79.8 Å². The Labute approximate surface area is 173 Å². The molecule has 4 fully saturated rings. The molecule has 8 atom stereocenters. The van der Waals surface area contributed by atoms with E-state index in [1.165, 1.54) is 0 Å². The predicted molar refractivity (Wildman–Crippen MR) is 111 cm³/mol. The van der Waals surface area contributed by atoms with Crippen molar-refractivity contribution >= 4 is 5.78 Å². The van der Waals surface area contributed by atoms with Crippen LogP contribution in [0.15, 0.2) is 16.9 Å². The first-order chi connectivity index (χ1) is 14.0. The number of ketones is 1. The molecular formula is C23H35N3O3. The van der Waals surface area contributed by atoms with Gasteiger partial charge in [0.05, 0.1) is 12.1 Å². The summed E-state index contributed by atoms with van der Waals surface area (Å²) in [5.41, 5.74) is 4.26. The highest BCUT2D eigenvalue weighted by Crippen LogP contribution is 2.65. The van der Waals surface area contributed by atoms with Crippen molar-refractivity contribution < 1.29 is 9.63 Å². The molecule has 0 aromatic rings. The Morgan fingerprint density at radius 1 is 1.17 bits per heavy atom. The molecule has 3 saturated carbocycles. The van der Waals surface area contributed by atoms with Gasteiger partial charge in [-0.2, -0.15) is 4.91 Å². The van der Waals surface area contributed by atoms with Crippen LogP contribution in [0, 0.1) is 39.4 Å². The molecule has 5 rings (SSSR count). The first kappa shape index (κ1) is 19.7. The zero-order chi connectivity index (χ0) is 20.2. The number of hydroxylamine groups is 1. The van der Waals surface area contributed by atoms with Crippen molar-refractivity contribution in [2.45, 2.75) is 77.4 Å². The highest BCUT2D eigenvalue weighted by molar-refractivity contribution is 5.87. The largest absolute Gasteiger partial charge is 0.314 e. The van der Waals surface area contributed by atoms with E-state index < -0.39 is 0 Å². The first-order valence-corrected chi connectivity index (χ1v) is 11.6. The molecule has 6 heteroatoms. The van der Waals surface area contributed by atoms with Crippen LogP contribution in [0.4, 0.5) is 0 Å².